The van der Waals surface area contributed by atoms with Gasteiger partial charge in [-0.1, -0.05) is 18.2 Å². The fraction of sp³-hybridized carbons (Fsp3) is 0.560. The van der Waals surface area contributed by atoms with Crippen LogP contribution < -0.4 is 5.32 Å². The van der Waals surface area contributed by atoms with Crippen LogP contribution in [0.15, 0.2) is 30.6 Å². The average molecular weight is 455 g/mol. The van der Waals surface area contributed by atoms with Crippen LogP contribution >= 0.6 is 0 Å². The zero-order chi connectivity index (χ0) is 23.6. The smallest absolute Gasteiger partial charge is 0.407 e. The molecule has 0 saturated carbocycles. The highest BCUT2D eigenvalue weighted by Gasteiger charge is 2.36. The number of ether oxygens (including phenoxy) is 2. The summed E-state index contributed by atoms with van der Waals surface area (Å²) in [6, 6.07) is 7.86. The number of hydrogen-bond donors (Lipinski definition) is 1. The highest BCUT2D eigenvalue weighted by molar-refractivity contribution is 5.76. The number of alkyl carbamates (subject to hydrolysis) is 1. The third-order valence-corrected chi connectivity index (χ3v) is 6.16. The van der Waals surface area contributed by atoms with E-state index in [1.165, 1.54) is 5.56 Å². The number of hydrogen-bond acceptors (Lipinski definition) is 6. The zero-order valence-corrected chi connectivity index (χ0v) is 20.0. The van der Waals surface area contributed by atoms with Crippen molar-refractivity contribution in [1.29, 1.82) is 0 Å². The summed E-state index contributed by atoms with van der Waals surface area (Å²) in [5.41, 5.74) is 4.02. The number of rotatable bonds is 6. The first kappa shape index (κ1) is 23.3. The van der Waals surface area contributed by atoms with Crippen LogP contribution in [-0.2, 0) is 33.5 Å². The Bertz CT molecular complexity index is 1010. The summed E-state index contributed by atoms with van der Waals surface area (Å²) in [5.74, 6) is -0.242. The molecule has 1 aromatic carbocycles. The number of para-hydroxylation sites is 1. The number of amides is 1. The third-order valence-electron chi connectivity index (χ3n) is 6.16. The Morgan fingerprint density at radius 3 is 2.79 bits per heavy atom. The Kier molecular flexibility index (Phi) is 6.74. The minimum absolute atomic E-state index is 0.0698. The molecule has 8 nitrogen and oxygen atoms in total. The second-order valence-corrected chi connectivity index (χ2v) is 9.74. The maximum atomic E-state index is 12.9. The molecule has 2 aliphatic rings. The molecule has 0 aliphatic carbocycles. The molecule has 33 heavy (non-hydrogen) atoms. The summed E-state index contributed by atoms with van der Waals surface area (Å²) in [6.45, 7) is 8.94. The quantitative estimate of drug-likeness (QED) is 0.676. The zero-order valence-electron chi connectivity index (χ0n) is 20.0. The predicted molar refractivity (Wildman–Crippen MR) is 124 cm³/mol. The van der Waals surface area contributed by atoms with Gasteiger partial charge in [-0.15, -0.1) is 0 Å². The van der Waals surface area contributed by atoms with E-state index in [-0.39, 0.29) is 12.0 Å². The molecule has 1 fully saturated rings. The Balaban J connectivity index is 1.48. The van der Waals surface area contributed by atoms with E-state index >= 15 is 0 Å². The number of carbonyl (C=O) groups is 2. The number of esters is 1. The summed E-state index contributed by atoms with van der Waals surface area (Å²) >= 11 is 0. The second kappa shape index (κ2) is 9.55. The number of carbonyl (C=O) groups excluding carboxylic acids is 2. The Morgan fingerprint density at radius 1 is 1.24 bits per heavy atom. The lowest BCUT2D eigenvalue weighted by Gasteiger charge is -2.27. The minimum atomic E-state index is -0.547. The molecule has 0 bridgehead atoms. The monoisotopic (exact) mass is 454 g/mol. The van der Waals surface area contributed by atoms with Crippen LogP contribution in [0, 0.1) is 0 Å². The van der Waals surface area contributed by atoms with E-state index in [2.05, 4.69) is 33.0 Å². The van der Waals surface area contributed by atoms with Crippen LogP contribution in [0.1, 0.15) is 51.1 Å². The molecule has 4 rings (SSSR count). The standard InChI is InChI=1S/C25H34N4O4/c1-5-32-23(30)22(28-13-12-18(15-28)27-24(31)33-25(2,3)4)14-19-21-11-10-17-8-6-7-9-20(17)29(21)16-26-19/h6-9,16,18,22H,5,10-15H2,1-4H3,(H,27,31)/t18-,22?/m0/s1. The van der Waals surface area contributed by atoms with Gasteiger partial charge in [0.15, 0.2) is 0 Å². The molecule has 0 spiro atoms. The van der Waals surface area contributed by atoms with Gasteiger partial charge in [0.2, 0.25) is 0 Å². The third kappa shape index (κ3) is 5.38. The van der Waals surface area contributed by atoms with E-state index in [4.69, 9.17) is 14.5 Å². The first-order valence-electron chi connectivity index (χ1n) is 11.8. The van der Waals surface area contributed by atoms with Gasteiger partial charge in [-0.25, -0.2) is 9.78 Å². The van der Waals surface area contributed by atoms with Crippen LogP contribution in [0.25, 0.3) is 5.69 Å². The predicted octanol–water partition coefficient (Wildman–Crippen LogP) is 3.04. The van der Waals surface area contributed by atoms with Crippen LogP contribution in [0.5, 0.6) is 0 Å². The lowest BCUT2D eigenvalue weighted by Crippen LogP contribution is -2.45. The second-order valence-electron chi connectivity index (χ2n) is 9.74. The number of aromatic nitrogens is 2. The average Bonchev–Trinajstić information content (AvgIpc) is 3.37. The molecule has 178 valence electrons. The molecule has 1 unspecified atom stereocenters. The van der Waals surface area contributed by atoms with Gasteiger partial charge in [-0.3, -0.25) is 9.69 Å². The summed E-state index contributed by atoms with van der Waals surface area (Å²) in [5, 5.41) is 2.94. The summed E-state index contributed by atoms with van der Waals surface area (Å²) in [6.07, 6.45) is 4.53. The van der Waals surface area contributed by atoms with Crippen LogP contribution in [0.2, 0.25) is 0 Å². The number of aryl methyl sites for hydroxylation is 1. The lowest BCUT2D eigenvalue weighted by molar-refractivity contribution is -0.149. The molecule has 8 heteroatoms. The van der Waals surface area contributed by atoms with Gasteiger partial charge in [-0.05, 0) is 58.6 Å². The molecule has 1 N–H and O–H groups in total. The number of likely N-dealkylation sites (tertiary alicyclic amines) is 1. The first-order valence-corrected chi connectivity index (χ1v) is 11.8. The Labute approximate surface area is 195 Å². The summed E-state index contributed by atoms with van der Waals surface area (Å²) in [4.78, 5) is 31.9. The first-order chi connectivity index (χ1) is 15.7. The largest absolute Gasteiger partial charge is 0.465 e. The fourth-order valence-electron chi connectivity index (χ4n) is 4.71. The van der Waals surface area contributed by atoms with Gasteiger partial charge < -0.3 is 19.4 Å². The SMILES string of the molecule is CCOC(=O)C(Cc1ncn2c1CCc1ccccc1-2)N1CC[C@H](NC(=O)OC(C)(C)C)C1. The van der Waals surface area contributed by atoms with Crippen molar-refractivity contribution in [3.63, 3.8) is 0 Å². The Morgan fingerprint density at radius 2 is 2.03 bits per heavy atom. The van der Waals surface area contributed by atoms with Crippen molar-refractivity contribution in [2.75, 3.05) is 19.7 Å². The van der Waals surface area contributed by atoms with Gasteiger partial charge in [0, 0.05) is 36.9 Å². The van der Waals surface area contributed by atoms with Crippen molar-refractivity contribution in [2.24, 2.45) is 0 Å². The summed E-state index contributed by atoms with van der Waals surface area (Å²) in [7, 11) is 0. The van der Waals surface area contributed by atoms with Crippen molar-refractivity contribution in [2.45, 2.75) is 71.1 Å². The van der Waals surface area contributed by atoms with Crippen molar-refractivity contribution in [3.05, 3.63) is 47.5 Å². The van der Waals surface area contributed by atoms with E-state index in [1.54, 1.807) is 0 Å². The molecule has 1 aromatic heterocycles. The van der Waals surface area contributed by atoms with Crippen molar-refractivity contribution >= 4 is 12.1 Å². The van der Waals surface area contributed by atoms with Gasteiger partial charge >= 0.3 is 12.1 Å². The van der Waals surface area contributed by atoms with Gasteiger partial charge in [-0.2, -0.15) is 0 Å². The Hall–Kier alpha value is -2.87. The van der Waals surface area contributed by atoms with Gasteiger partial charge in [0.25, 0.3) is 0 Å². The molecule has 3 heterocycles. The van der Waals surface area contributed by atoms with E-state index in [0.29, 0.717) is 26.1 Å². The van der Waals surface area contributed by atoms with E-state index < -0.39 is 17.7 Å². The van der Waals surface area contributed by atoms with Crippen LogP contribution in [0.4, 0.5) is 4.79 Å². The molecule has 0 radical (unpaired) electrons. The molecular formula is C25H34N4O4. The number of benzene rings is 1. The van der Waals surface area contributed by atoms with Crippen molar-refractivity contribution < 1.29 is 19.1 Å². The number of imidazole rings is 1. The van der Waals surface area contributed by atoms with E-state index in [9.17, 15) is 9.59 Å². The summed E-state index contributed by atoms with van der Waals surface area (Å²) < 4.78 is 13.0. The normalized spacial score (nSPS) is 18.8. The fourth-order valence-corrected chi connectivity index (χ4v) is 4.71. The van der Waals surface area contributed by atoms with E-state index in [1.807, 2.05) is 40.1 Å². The highest BCUT2D eigenvalue weighted by atomic mass is 16.6. The topological polar surface area (TPSA) is 85.7 Å². The van der Waals surface area contributed by atoms with Crippen molar-refractivity contribution in [1.82, 2.24) is 19.8 Å². The van der Waals surface area contributed by atoms with Crippen LogP contribution in [0.3, 0.4) is 0 Å². The molecule has 2 aliphatic heterocycles. The molecule has 1 saturated heterocycles. The maximum Gasteiger partial charge on any atom is 0.407 e. The number of nitrogens with one attached hydrogen (secondary N) is 1. The molecular weight excluding hydrogens is 420 g/mol. The van der Waals surface area contributed by atoms with Crippen molar-refractivity contribution in [3.8, 4) is 5.69 Å². The molecule has 1 amide bonds. The van der Waals surface area contributed by atoms with Gasteiger partial charge in [0.1, 0.15) is 11.6 Å². The molecule has 2 aromatic rings. The number of fused-ring (bicyclic) bond motifs is 3. The highest BCUT2D eigenvalue weighted by Crippen LogP contribution is 2.28. The van der Waals surface area contributed by atoms with Gasteiger partial charge in [0.05, 0.1) is 18.6 Å². The van der Waals surface area contributed by atoms with Crippen LogP contribution in [-0.4, -0.2) is 63.9 Å². The number of nitrogens with zero attached hydrogens (tertiary/aromatic N) is 3. The maximum absolute atomic E-state index is 12.9. The minimum Gasteiger partial charge on any atom is -0.465 e. The molecule has 2 atom stereocenters. The van der Waals surface area contributed by atoms with E-state index in [0.717, 1.165) is 36.3 Å². The lowest BCUT2D eigenvalue weighted by atomic mass is 9.98.